The molecule has 1 aromatic rings. The lowest BCUT2D eigenvalue weighted by Gasteiger charge is -2.22. The zero-order chi connectivity index (χ0) is 14.5. The van der Waals surface area contributed by atoms with E-state index in [1.54, 1.807) is 0 Å². The monoisotopic (exact) mass is 321 g/mol. The molecule has 0 unspecified atom stereocenters. The zero-order valence-electron chi connectivity index (χ0n) is 11.9. The molecule has 0 atom stereocenters. The van der Waals surface area contributed by atoms with E-state index in [9.17, 15) is 4.79 Å². The van der Waals surface area contributed by atoms with Gasteiger partial charge in [-0.05, 0) is 36.3 Å². The molecule has 0 aliphatic carbocycles. The van der Waals surface area contributed by atoms with E-state index in [0.29, 0.717) is 6.61 Å². The molecule has 0 radical (unpaired) electrons. The largest absolute Gasteiger partial charge is 0.444 e. The quantitative estimate of drug-likeness (QED) is 0.804. The number of hydrogen-bond acceptors (Lipinski definition) is 4. The van der Waals surface area contributed by atoms with Gasteiger partial charge in [-0.15, -0.1) is 23.5 Å². The number of rotatable bonds is 2. The third kappa shape index (κ3) is 3.77. The van der Waals surface area contributed by atoms with Crippen LogP contribution in [0, 0.1) is 0 Å². The summed E-state index contributed by atoms with van der Waals surface area (Å²) >= 11 is 3.78. The van der Waals surface area contributed by atoms with Crippen molar-refractivity contribution in [2.24, 2.45) is 0 Å². The highest BCUT2D eigenvalue weighted by Crippen LogP contribution is 2.41. The highest BCUT2D eigenvalue weighted by molar-refractivity contribution is 8.22. The lowest BCUT2D eigenvalue weighted by Crippen LogP contribution is -2.27. The number of likely N-dealkylation sites (tertiary alicyclic amines) is 1. The van der Waals surface area contributed by atoms with Crippen LogP contribution in [0.5, 0.6) is 0 Å². The fourth-order valence-electron chi connectivity index (χ4n) is 2.48. The minimum Gasteiger partial charge on any atom is -0.444 e. The minimum absolute atomic E-state index is 0.203. The molecule has 2 aliphatic rings. The molecule has 0 spiro atoms. The van der Waals surface area contributed by atoms with Crippen molar-refractivity contribution in [2.75, 3.05) is 18.1 Å². The third-order valence-corrected chi connectivity index (χ3v) is 6.23. The first kappa shape index (κ1) is 14.9. The van der Waals surface area contributed by atoms with Gasteiger partial charge in [0.1, 0.15) is 6.61 Å². The highest BCUT2D eigenvalue weighted by Gasteiger charge is 2.28. The predicted octanol–water partition coefficient (Wildman–Crippen LogP) is 4.46. The number of carbonyl (C=O) groups excluding carboxylic acids is 1. The number of ether oxygens (including phenoxy) is 1. The molecule has 2 saturated heterocycles. The van der Waals surface area contributed by atoms with Crippen LogP contribution in [-0.4, -0.2) is 29.0 Å². The maximum absolute atomic E-state index is 12.3. The number of amides is 1. The summed E-state index contributed by atoms with van der Waals surface area (Å²) in [6, 6.07) is 9.84. The fraction of sp³-hybridized carbons (Fsp3) is 0.438. The van der Waals surface area contributed by atoms with Gasteiger partial charge in [-0.3, -0.25) is 4.90 Å². The van der Waals surface area contributed by atoms with Crippen molar-refractivity contribution < 1.29 is 9.53 Å². The van der Waals surface area contributed by atoms with Crippen LogP contribution in [0.4, 0.5) is 4.79 Å². The van der Waals surface area contributed by atoms with E-state index in [1.165, 1.54) is 27.9 Å². The molecule has 5 heteroatoms. The van der Waals surface area contributed by atoms with E-state index in [1.807, 2.05) is 58.8 Å². The summed E-state index contributed by atoms with van der Waals surface area (Å²) in [7, 11) is 0. The van der Waals surface area contributed by atoms with E-state index >= 15 is 0 Å². The second-order valence-electron chi connectivity index (χ2n) is 5.08. The van der Waals surface area contributed by atoms with Crippen LogP contribution in [0.25, 0.3) is 0 Å². The second-order valence-corrected chi connectivity index (χ2v) is 7.55. The Hall–Kier alpha value is -1.07. The van der Waals surface area contributed by atoms with Gasteiger partial charge in [0.15, 0.2) is 0 Å². The lowest BCUT2D eigenvalue weighted by atomic mass is 10.2. The van der Waals surface area contributed by atoms with Crippen molar-refractivity contribution in [2.45, 2.75) is 25.9 Å². The molecule has 21 heavy (non-hydrogen) atoms. The molecule has 1 aromatic carbocycles. The minimum atomic E-state index is -0.203. The molecule has 3 rings (SSSR count). The van der Waals surface area contributed by atoms with Gasteiger partial charge in [0.25, 0.3) is 0 Å². The SMILES string of the molecule is O=C(OCc1ccccc1)N1CCCC1=C1SCCCS1. The Morgan fingerprint density at radius 1 is 1.14 bits per heavy atom. The Morgan fingerprint density at radius 2 is 1.90 bits per heavy atom. The molecule has 3 nitrogen and oxygen atoms in total. The standard InChI is InChI=1S/C16H19NO2S2/c18-16(19-12-13-6-2-1-3-7-13)17-9-4-8-14(17)15-20-10-5-11-21-15/h1-3,6-7H,4-5,8-12H2. The van der Waals surface area contributed by atoms with Crippen molar-refractivity contribution in [3.8, 4) is 0 Å². The first-order chi connectivity index (χ1) is 10.3. The van der Waals surface area contributed by atoms with E-state index in [4.69, 9.17) is 4.74 Å². The summed E-state index contributed by atoms with van der Waals surface area (Å²) in [5, 5.41) is 0. The van der Waals surface area contributed by atoms with E-state index in [-0.39, 0.29) is 6.09 Å². The molecule has 2 heterocycles. The summed E-state index contributed by atoms with van der Waals surface area (Å²) in [6.07, 6.45) is 3.09. The van der Waals surface area contributed by atoms with Crippen molar-refractivity contribution in [1.82, 2.24) is 4.90 Å². The van der Waals surface area contributed by atoms with Crippen LogP contribution >= 0.6 is 23.5 Å². The van der Waals surface area contributed by atoms with Crippen LogP contribution < -0.4 is 0 Å². The molecule has 2 fully saturated rings. The third-order valence-electron chi connectivity index (χ3n) is 3.54. The second kappa shape index (κ2) is 7.27. The van der Waals surface area contributed by atoms with Gasteiger partial charge in [-0.2, -0.15) is 0 Å². The number of hydrogen-bond donors (Lipinski definition) is 0. The van der Waals surface area contributed by atoms with E-state index < -0.39 is 0 Å². The average molecular weight is 321 g/mol. The molecule has 0 saturated carbocycles. The van der Waals surface area contributed by atoms with Crippen molar-refractivity contribution in [3.63, 3.8) is 0 Å². The van der Waals surface area contributed by atoms with E-state index in [2.05, 4.69) is 0 Å². The van der Waals surface area contributed by atoms with Gasteiger partial charge < -0.3 is 4.74 Å². The lowest BCUT2D eigenvalue weighted by molar-refractivity contribution is 0.111. The number of allylic oxidation sites excluding steroid dienone is 1. The maximum atomic E-state index is 12.3. The van der Waals surface area contributed by atoms with Gasteiger partial charge in [0.05, 0.1) is 4.24 Å². The summed E-state index contributed by atoms with van der Waals surface area (Å²) in [4.78, 5) is 14.2. The van der Waals surface area contributed by atoms with Gasteiger partial charge in [-0.1, -0.05) is 30.3 Å². The topological polar surface area (TPSA) is 29.5 Å². The maximum Gasteiger partial charge on any atom is 0.414 e. The number of nitrogens with zero attached hydrogens (tertiary/aromatic N) is 1. The van der Waals surface area contributed by atoms with Gasteiger partial charge >= 0.3 is 6.09 Å². The number of thioether (sulfide) groups is 2. The van der Waals surface area contributed by atoms with Crippen molar-refractivity contribution >= 4 is 29.6 Å². The molecule has 0 bridgehead atoms. The summed E-state index contributed by atoms with van der Waals surface area (Å²) < 4.78 is 6.80. The summed E-state index contributed by atoms with van der Waals surface area (Å²) in [5.74, 6) is 2.33. The predicted molar refractivity (Wildman–Crippen MR) is 89.1 cm³/mol. The molecule has 112 valence electrons. The van der Waals surface area contributed by atoms with Crippen molar-refractivity contribution in [3.05, 3.63) is 45.8 Å². The fourth-order valence-corrected chi connectivity index (χ4v) is 5.20. The van der Waals surface area contributed by atoms with Gasteiger partial charge in [-0.25, -0.2) is 4.79 Å². The zero-order valence-corrected chi connectivity index (χ0v) is 13.5. The Labute approximate surface area is 134 Å². The Morgan fingerprint density at radius 3 is 2.67 bits per heavy atom. The molecular formula is C16H19NO2S2. The average Bonchev–Trinajstić information content (AvgIpc) is 3.04. The molecule has 1 amide bonds. The van der Waals surface area contributed by atoms with Crippen molar-refractivity contribution in [1.29, 1.82) is 0 Å². The van der Waals surface area contributed by atoms with Crippen LogP contribution in [-0.2, 0) is 11.3 Å². The smallest absolute Gasteiger partial charge is 0.414 e. The summed E-state index contributed by atoms with van der Waals surface area (Å²) in [5.41, 5.74) is 2.21. The highest BCUT2D eigenvalue weighted by atomic mass is 32.2. The summed E-state index contributed by atoms with van der Waals surface area (Å²) in [6.45, 7) is 1.13. The number of benzene rings is 1. The van der Waals surface area contributed by atoms with Gasteiger partial charge in [0.2, 0.25) is 0 Å². The molecular weight excluding hydrogens is 302 g/mol. The Kier molecular flexibility index (Phi) is 5.14. The first-order valence-corrected chi connectivity index (χ1v) is 9.28. The van der Waals surface area contributed by atoms with Crippen LogP contribution in [0.1, 0.15) is 24.8 Å². The first-order valence-electron chi connectivity index (χ1n) is 7.31. The molecule has 0 aromatic heterocycles. The Bertz CT molecular complexity index is 522. The van der Waals surface area contributed by atoms with Crippen LogP contribution in [0.3, 0.4) is 0 Å². The van der Waals surface area contributed by atoms with Gasteiger partial charge in [0, 0.05) is 12.2 Å². The van der Waals surface area contributed by atoms with Crippen LogP contribution in [0.2, 0.25) is 0 Å². The molecule has 0 N–H and O–H groups in total. The molecule has 2 aliphatic heterocycles. The number of carbonyl (C=O) groups is 1. The van der Waals surface area contributed by atoms with E-state index in [0.717, 1.165) is 24.9 Å². The van der Waals surface area contributed by atoms with Crippen LogP contribution in [0.15, 0.2) is 40.3 Å². The normalized spacial score (nSPS) is 19.0. The Balaban J connectivity index is 1.63.